The number of hydrogen-bond donors (Lipinski definition) is 1. The highest BCUT2D eigenvalue weighted by molar-refractivity contribution is 6.00. The van der Waals surface area contributed by atoms with Gasteiger partial charge in [0.25, 0.3) is 0 Å². The van der Waals surface area contributed by atoms with Gasteiger partial charge < -0.3 is 14.9 Å². The Labute approximate surface area is 171 Å². The Kier molecular flexibility index (Phi) is 5.90. The molecule has 3 atom stereocenters. The molecule has 6 heteroatoms. The number of nitrogens with zero attached hydrogens (tertiary/aromatic N) is 3. The number of allylic oxidation sites excluding steroid dienone is 2. The van der Waals surface area contributed by atoms with E-state index in [1.165, 1.54) is 0 Å². The number of ether oxygens (including phenoxy) is 2. The van der Waals surface area contributed by atoms with E-state index in [1.54, 1.807) is 13.2 Å². The predicted octanol–water partition coefficient (Wildman–Crippen LogP) is 4.50. The van der Waals surface area contributed by atoms with E-state index >= 15 is 0 Å². The summed E-state index contributed by atoms with van der Waals surface area (Å²) in [5.41, 5.74) is -0.172. The molecular formula is C23H24N4O2. The zero-order valence-electron chi connectivity index (χ0n) is 16.7. The second-order valence-corrected chi connectivity index (χ2v) is 7.49. The molecule has 148 valence electrons. The summed E-state index contributed by atoms with van der Waals surface area (Å²) >= 11 is 0. The molecule has 2 aliphatic rings. The van der Waals surface area contributed by atoms with Crippen LogP contribution in [0.4, 0.5) is 0 Å². The maximum atomic E-state index is 10.0. The molecule has 2 aliphatic carbocycles. The minimum atomic E-state index is -1.68. The molecule has 3 rings (SSSR count). The first-order valence-corrected chi connectivity index (χ1v) is 9.89. The van der Waals surface area contributed by atoms with Crippen molar-refractivity contribution in [2.45, 2.75) is 38.5 Å². The molecule has 1 unspecified atom stereocenters. The van der Waals surface area contributed by atoms with Crippen LogP contribution in [-0.2, 0) is 0 Å². The quantitative estimate of drug-likeness (QED) is 0.746. The van der Waals surface area contributed by atoms with Crippen molar-refractivity contribution in [2.24, 2.45) is 17.3 Å². The highest BCUT2D eigenvalue weighted by Gasteiger charge is 2.57. The highest BCUT2D eigenvalue weighted by atomic mass is 16.5. The Morgan fingerprint density at radius 3 is 2.59 bits per heavy atom. The Morgan fingerprint density at radius 2 is 1.97 bits per heavy atom. The molecule has 0 heterocycles. The summed E-state index contributed by atoms with van der Waals surface area (Å²) in [5, 5.41) is 38.4. The van der Waals surface area contributed by atoms with Crippen LogP contribution in [0.2, 0.25) is 0 Å². The minimum Gasteiger partial charge on any atom is -0.493 e. The molecule has 1 N–H and O–H groups in total. The highest BCUT2D eigenvalue weighted by Crippen LogP contribution is 2.55. The third-order valence-corrected chi connectivity index (χ3v) is 5.93. The van der Waals surface area contributed by atoms with E-state index < -0.39 is 17.3 Å². The van der Waals surface area contributed by atoms with Gasteiger partial charge in [-0.25, -0.2) is 0 Å². The lowest BCUT2D eigenvalue weighted by Gasteiger charge is -2.45. The fourth-order valence-corrected chi connectivity index (χ4v) is 4.59. The first-order chi connectivity index (χ1) is 14.1. The van der Waals surface area contributed by atoms with E-state index in [-0.39, 0.29) is 11.6 Å². The van der Waals surface area contributed by atoms with Gasteiger partial charge in [-0.05, 0) is 54.9 Å². The van der Waals surface area contributed by atoms with Crippen LogP contribution < -0.4 is 9.47 Å². The van der Waals surface area contributed by atoms with Gasteiger partial charge in [0, 0.05) is 5.92 Å². The molecule has 0 bridgehead atoms. The van der Waals surface area contributed by atoms with Gasteiger partial charge in [-0.1, -0.05) is 19.1 Å². The number of rotatable bonds is 5. The molecule has 0 saturated heterocycles. The van der Waals surface area contributed by atoms with Crippen LogP contribution in [0.1, 0.15) is 44.1 Å². The summed E-state index contributed by atoms with van der Waals surface area (Å²) in [6.45, 7) is 2.58. The van der Waals surface area contributed by atoms with Gasteiger partial charge in [-0.3, -0.25) is 0 Å². The van der Waals surface area contributed by atoms with E-state index in [0.717, 1.165) is 36.8 Å². The van der Waals surface area contributed by atoms with Gasteiger partial charge >= 0.3 is 0 Å². The smallest absolute Gasteiger partial charge is 0.189 e. The number of benzene rings is 1. The molecule has 6 nitrogen and oxygen atoms in total. The second-order valence-electron chi connectivity index (χ2n) is 7.49. The summed E-state index contributed by atoms with van der Waals surface area (Å²) in [7, 11) is 1.56. The molecule has 0 radical (unpaired) electrons. The molecular weight excluding hydrogens is 364 g/mol. The lowest BCUT2D eigenvalue weighted by Crippen LogP contribution is -2.48. The average molecular weight is 388 g/mol. The van der Waals surface area contributed by atoms with E-state index in [2.05, 4.69) is 18.2 Å². The van der Waals surface area contributed by atoms with Gasteiger partial charge in [0.2, 0.25) is 0 Å². The molecule has 1 aromatic rings. The fourth-order valence-electron chi connectivity index (χ4n) is 4.59. The number of methoxy groups -OCH3 is 1. The number of nitrogens with one attached hydrogen (secondary N) is 1. The lowest BCUT2D eigenvalue weighted by molar-refractivity contribution is 0.291. The molecule has 0 aromatic heterocycles. The van der Waals surface area contributed by atoms with E-state index in [9.17, 15) is 15.8 Å². The van der Waals surface area contributed by atoms with E-state index in [1.807, 2.05) is 25.1 Å². The van der Waals surface area contributed by atoms with Crippen LogP contribution in [0, 0.1) is 56.7 Å². The van der Waals surface area contributed by atoms with Crippen LogP contribution in [0.3, 0.4) is 0 Å². The summed E-state index contributed by atoms with van der Waals surface area (Å²) in [6, 6.07) is 11.9. The van der Waals surface area contributed by atoms with E-state index in [4.69, 9.17) is 14.9 Å². The fraction of sp³-hybridized carbons (Fsp3) is 0.478. The number of nitriles is 3. The Bertz CT molecular complexity index is 947. The number of hydrogen-bond acceptors (Lipinski definition) is 6. The summed E-state index contributed by atoms with van der Waals surface area (Å²) in [5.74, 6) is -0.331. The van der Waals surface area contributed by atoms with E-state index in [0.29, 0.717) is 18.1 Å². The van der Waals surface area contributed by atoms with Gasteiger partial charge in [0.15, 0.2) is 16.9 Å². The zero-order chi connectivity index (χ0) is 21.0. The van der Waals surface area contributed by atoms with Crippen molar-refractivity contribution in [3.05, 3.63) is 35.4 Å². The molecule has 0 amide bonds. The van der Waals surface area contributed by atoms with Crippen LogP contribution >= 0.6 is 0 Å². The van der Waals surface area contributed by atoms with Crippen molar-refractivity contribution in [3.63, 3.8) is 0 Å². The standard InChI is InChI=1S/C23H24N4O2/c1-3-10-29-19-9-8-15(11-20(19)28-2)21-17-7-5-4-6-16(17)18(12-24)22(27)23(21,13-25)14-26/h6,8-9,11,17-18,21,27H,3-5,7,10H2,1-2H3/t17-,18?,21+/m1/s1. The topological polar surface area (TPSA) is 114 Å². The predicted molar refractivity (Wildman–Crippen MR) is 107 cm³/mol. The third-order valence-electron chi connectivity index (χ3n) is 5.93. The van der Waals surface area contributed by atoms with Crippen molar-refractivity contribution in [1.82, 2.24) is 0 Å². The van der Waals surface area contributed by atoms with Crippen LogP contribution in [0.15, 0.2) is 29.8 Å². The minimum absolute atomic E-state index is 0.121. The lowest BCUT2D eigenvalue weighted by atomic mass is 9.53. The first-order valence-electron chi connectivity index (χ1n) is 9.89. The van der Waals surface area contributed by atoms with Crippen LogP contribution in [0.25, 0.3) is 0 Å². The SMILES string of the molecule is CCCOc1ccc([C@H]2[C@@H]3CCCC=C3C(C#N)C(=N)C2(C#N)C#N)cc1OC. The molecule has 1 fully saturated rings. The van der Waals surface area contributed by atoms with Crippen LogP contribution in [0.5, 0.6) is 11.5 Å². The molecule has 0 spiro atoms. The van der Waals surface area contributed by atoms with Crippen molar-refractivity contribution in [1.29, 1.82) is 21.2 Å². The Balaban J connectivity index is 2.17. The zero-order valence-corrected chi connectivity index (χ0v) is 16.7. The van der Waals surface area contributed by atoms with Crippen molar-refractivity contribution in [3.8, 4) is 29.7 Å². The summed E-state index contributed by atoms with van der Waals surface area (Å²) < 4.78 is 11.2. The Morgan fingerprint density at radius 1 is 1.21 bits per heavy atom. The Hall–Kier alpha value is -3.30. The first kappa shape index (κ1) is 20.4. The monoisotopic (exact) mass is 388 g/mol. The van der Waals surface area contributed by atoms with Gasteiger partial charge in [0.05, 0.1) is 37.6 Å². The molecule has 1 saturated carbocycles. The summed E-state index contributed by atoms with van der Waals surface area (Å²) in [4.78, 5) is 0. The van der Waals surface area contributed by atoms with Crippen molar-refractivity contribution in [2.75, 3.05) is 13.7 Å². The molecule has 0 aliphatic heterocycles. The third kappa shape index (κ3) is 3.24. The van der Waals surface area contributed by atoms with Gasteiger partial charge in [-0.15, -0.1) is 0 Å². The number of fused-ring (bicyclic) bond motifs is 1. The normalized spacial score (nSPS) is 24.9. The second kappa shape index (κ2) is 8.38. The maximum absolute atomic E-state index is 10.0. The largest absolute Gasteiger partial charge is 0.493 e. The maximum Gasteiger partial charge on any atom is 0.189 e. The van der Waals surface area contributed by atoms with Crippen molar-refractivity contribution < 1.29 is 9.47 Å². The summed E-state index contributed by atoms with van der Waals surface area (Å²) in [6.07, 6.45) is 5.45. The van der Waals surface area contributed by atoms with Crippen LogP contribution in [-0.4, -0.2) is 19.4 Å². The van der Waals surface area contributed by atoms with Gasteiger partial charge in [-0.2, -0.15) is 15.8 Å². The molecule has 29 heavy (non-hydrogen) atoms. The van der Waals surface area contributed by atoms with Crippen molar-refractivity contribution >= 4 is 5.71 Å². The molecule has 1 aromatic carbocycles. The average Bonchev–Trinajstić information content (AvgIpc) is 2.77. The van der Waals surface area contributed by atoms with Gasteiger partial charge in [0.1, 0.15) is 5.92 Å².